The summed E-state index contributed by atoms with van der Waals surface area (Å²) in [6.07, 6.45) is 1.72. The number of methoxy groups -OCH3 is 1. The minimum Gasteiger partial charge on any atom is -0.465 e. The molecule has 0 bridgehead atoms. The second kappa shape index (κ2) is 10.6. The fourth-order valence-corrected chi connectivity index (χ4v) is 2.98. The molecule has 0 aliphatic heterocycles. The Balaban J connectivity index is 1.64. The molecule has 32 heavy (non-hydrogen) atoms. The highest BCUT2D eigenvalue weighted by molar-refractivity contribution is 5.90. The van der Waals surface area contributed by atoms with Gasteiger partial charge in [-0.3, -0.25) is 0 Å². The molecule has 2 aromatic carbocycles. The van der Waals surface area contributed by atoms with Crippen LogP contribution in [0.4, 0.5) is 16.3 Å². The van der Waals surface area contributed by atoms with Gasteiger partial charge in [-0.1, -0.05) is 30.0 Å². The molecule has 7 nitrogen and oxygen atoms in total. The first-order valence-corrected chi connectivity index (χ1v) is 9.93. The van der Waals surface area contributed by atoms with Crippen molar-refractivity contribution in [3.05, 3.63) is 89.1 Å². The Kier molecular flexibility index (Phi) is 7.44. The number of hydrogen-bond acceptors (Lipinski definition) is 5. The highest BCUT2D eigenvalue weighted by Crippen LogP contribution is 2.14. The molecule has 1 heterocycles. The van der Waals surface area contributed by atoms with E-state index in [1.54, 1.807) is 36.5 Å². The van der Waals surface area contributed by atoms with Crippen LogP contribution in [0.2, 0.25) is 0 Å². The molecule has 0 aliphatic rings. The van der Waals surface area contributed by atoms with Crippen LogP contribution in [0.15, 0.2) is 66.9 Å². The summed E-state index contributed by atoms with van der Waals surface area (Å²) in [4.78, 5) is 30.2. The zero-order chi connectivity index (χ0) is 22.9. The third kappa shape index (κ3) is 6.09. The van der Waals surface area contributed by atoms with Crippen molar-refractivity contribution in [3.8, 4) is 11.8 Å². The van der Waals surface area contributed by atoms with Crippen LogP contribution in [0.1, 0.15) is 27.0 Å². The number of esters is 1. The van der Waals surface area contributed by atoms with Gasteiger partial charge < -0.3 is 20.3 Å². The van der Waals surface area contributed by atoms with Crippen molar-refractivity contribution in [1.82, 2.24) is 10.3 Å². The van der Waals surface area contributed by atoms with Crippen LogP contribution in [-0.4, -0.2) is 38.2 Å². The Hall–Kier alpha value is -4.31. The van der Waals surface area contributed by atoms with Gasteiger partial charge in [0, 0.05) is 49.2 Å². The normalized spacial score (nSPS) is 9.84. The van der Waals surface area contributed by atoms with Gasteiger partial charge in [-0.2, -0.15) is 0 Å². The second-order valence-corrected chi connectivity index (χ2v) is 7.09. The van der Waals surface area contributed by atoms with Crippen molar-refractivity contribution in [3.63, 3.8) is 0 Å². The molecule has 0 unspecified atom stereocenters. The highest BCUT2D eigenvalue weighted by Gasteiger charge is 2.08. The van der Waals surface area contributed by atoms with Gasteiger partial charge in [0.25, 0.3) is 0 Å². The lowest BCUT2D eigenvalue weighted by molar-refractivity contribution is 0.0600. The minimum atomic E-state index is -0.408. The SMILES string of the molecule is COC(=O)c1cccc(C#Cc2cccc(NC(=O)NCc3cccnc3N(C)C)c2)c1. The van der Waals surface area contributed by atoms with Crippen molar-refractivity contribution in [1.29, 1.82) is 0 Å². The molecule has 0 aliphatic carbocycles. The number of carbonyl (C=O) groups excluding carboxylic acids is 2. The second-order valence-electron chi connectivity index (χ2n) is 7.09. The molecule has 3 rings (SSSR count). The number of hydrogen-bond donors (Lipinski definition) is 2. The number of ether oxygens (including phenoxy) is 1. The predicted molar refractivity (Wildman–Crippen MR) is 125 cm³/mol. The Bertz CT molecular complexity index is 1180. The molecule has 0 spiro atoms. The summed E-state index contributed by atoms with van der Waals surface area (Å²) >= 11 is 0. The molecule has 2 amide bonds. The first-order chi connectivity index (χ1) is 15.5. The van der Waals surface area contributed by atoms with Crippen LogP contribution in [0.3, 0.4) is 0 Å². The molecule has 0 saturated heterocycles. The van der Waals surface area contributed by atoms with E-state index in [2.05, 4.69) is 27.5 Å². The van der Waals surface area contributed by atoms with Crippen molar-refractivity contribution in [2.24, 2.45) is 0 Å². The van der Waals surface area contributed by atoms with Crippen molar-refractivity contribution in [2.75, 3.05) is 31.4 Å². The Morgan fingerprint density at radius 3 is 2.44 bits per heavy atom. The average Bonchev–Trinajstić information content (AvgIpc) is 2.81. The molecule has 1 aromatic heterocycles. The number of urea groups is 1. The van der Waals surface area contributed by atoms with Gasteiger partial charge in [0.15, 0.2) is 0 Å². The maximum absolute atomic E-state index is 12.4. The van der Waals surface area contributed by atoms with Gasteiger partial charge in [-0.05, 0) is 42.5 Å². The molecular weight excluding hydrogens is 404 g/mol. The summed E-state index contributed by atoms with van der Waals surface area (Å²) < 4.78 is 4.73. The monoisotopic (exact) mass is 428 g/mol. The maximum atomic E-state index is 12.4. The Labute approximate surface area is 187 Å². The smallest absolute Gasteiger partial charge is 0.337 e. The number of nitrogens with one attached hydrogen (secondary N) is 2. The molecule has 162 valence electrons. The van der Waals surface area contributed by atoms with Crippen molar-refractivity contribution < 1.29 is 14.3 Å². The number of amides is 2. The molecular formula is C25H24N4O3. The first-order valence-electron chi connectivity index (χ1n) is 9.93. The van der Waals surface area contributed by atoms with E-state index < -0.39 is 5.97 Å². The number of pyridine rings is 1. The maximum Gasteiger partial charge on any atom is 0.337 e. The van der Waals surface area contributed by atoms with E-state index in [0.29, 0.717) is 23.4 Å². The number of anilines is 2. The third-order valence-corrected chi connectivity index (χ3v) is 4.49. The van der Waals surface area contributed by atoms with Gasteiger partial charge in [0.05, 0.1) is 12.7 Å². The van der Waals surface area contributed by atoms with Crippen LogP contribution < -0.4 is 15.5 Å². The molecule has 2 N–H and O–H groups in total. The Morgan fingerprint density at radius 1 is 1.00 bits per heavy atom. The third-order valence-electron chi connectivity index (χ3n) is 4.49. The highest BCUT2D eigenvalue weighted by atomic mass is 16.5. The summed E-state index contributed by atoms with van der Waals surface area (Å²) in [5, 5.41) is 5.66. The number of carbonyl (C=O) groups is 2. The fourth-order valence-electron chi connectivity index (χ4n) is 2.98. The van der Waals surface area contributed by atoms with Gasteiger partial charge in [0.2, 0.25) is 0 Å². The van der Waals surface area contributed by atoms with Gasteiger partial charge in [-0.25, -0.2) is 14.6 Å². The molecule has 0 radical (unpaired) electrons. The predicted octanol–water partition coefficient (Wildman–Crippen LogP) is 3.66. The van der Waals surface area contributed by atoms with E-state index >= 15 is 0 Å². The largest absolute Gasteiger partial charge is 0.465 e. The summed E-state index contributed by atoms with van der Waals surface area (Å²) in [6, 6.07) is 17.6. The van der Waals surface area contributed by atoms with E-state index in [0.717, 1.165) is 16.9 Å². The van der Waals surface area contributed by atoms with Gasteiger partial charge in [0.1, 0.15) is 5.82 Å². The van der Waals surface area contributed by atoms with E-state index in [9.17, 15) is 9.59 Å². The van der Waals surface area contributed by atoms with E-state index in [-0.39, 0.29) is 6.03 Å². The van der Waals surface area contributed by atoms with Gasteiger partial charge in [-0.15, -0.1) is 0 Å². The Morgan fingerprint density at radius 2 is 1.72 bits per heavy atom. The summed E-state index contributed by atoms with van der Waals surface area (Å²) in [7, 11) is 5.15. The lowest BCUT2D eigenvalue weighted by atomic mass is 10.1. The van der Waals surface area contributed by atoms with Crippen molar-refractivity contribution >= 4 is 23.5 Å². The standard InChI is InChI=1S/C25H24N4O3/c1-29(2)23-21(10-6-14-26-23)17-27-25(31)28-22-11-5-8-19(16-22)13-12-18-7-4-9-20(15-18)24(30)32-3/h4-11,14-16H,17H2,1-3H3,(H2,27,28,31). The lowest BCUT2D eigenvalue weighted by Gasteiger charge is -2.16. The fraction of sp³-hybridized carbons (Fsp3) is 0.160. The van der Waals surface area contributed by atoms with E-state index in [1.807, 2.05) is 49.3 Å². The quantitative estimate of drug-likeness (QED) is 0.479. The van der Waals surface area contributed by atoms with Crippen LogP contribution in [0.25, 0.3) is 0 Å². The summed E-state index contributed by atoms with van der Waals surface area (Å²) in [5.74, 6) is 6.47. The van der Waals surface area contributed by atoms with Crippen LogP contribution >= 0.6 is 0 Å². The van der Waals surface area contributed by atoms with Crippen LogP contribution in [0, 0.1) is 11.8 Å². The number of nitrogens with zero attached hydrogens (tertiary/aromatic N) is 2. The zero-order valence-corrected chi connectivity index (χ0v) is 18.2. The van der Waals surface area contributed by atoms with E-state index in [1.165, 1.54) is 7.11 Å². The van der Waals surface area contributed by atoms with Crippen LogP contribution in [0.5, 0.6) is 0 Å². The number of rotatable bonds is 5. The first kappa shape index (κ1) is 22.4. The molecule has 7 heteroatoms. The molecule has 0 fully saturated rings. The summed E-state index contributed by atoms with van der Waals surface area (Å²) in [5.41, 5.74) is 3.40. The summed E-state index contributed by atoms with van der Waals surface area (Å²) in [6.45, 7) is 0.350. The number of aromatic nitrogens is 1. The van der Waals surface area contributed by atoms with Crippen LogP contribution in [-0.2, 0) is 11.3 Å². The lowest BCUT2D eigenvalue weighted by Crippen LogP contribution is -2.29. The van der Waals surface area contributed by atoms with Crippen molar-refractivity contribution in [2.45, 2.75) is 6.54 Å². The number of benzene rings is 2. The molecule has 3 aromatic rings. The molecule has 0 saturated carbocycles. The minimum absolute atomic E-state index is 0.325. The topological polar surface area (TPSA) is 83.6 Å². The van der Waals surface area contributed by atoms with Gasteiger partial charge >= 0.3 is 12.0 Å². The zero-order valence-electron chi connectivity index (χ0n) is 18.2. The van der Waals surface area contributed by atoms with E-state index in [4.69, 9.17) is 4.74 Å². The molecule has 0 atom stereocenters. The average molecular weight is 428 g/mol.